The summed E-state index contributed by atoms with van der Waals surface area (Å²) in [5.74, 6) is -0.949. The second-order valence-electron chi connectivity index (χ2n) is 2.95. The van der Waals surface area contributed by atoms with Gasteiger partial charge in [0.15, 0.2) is 0 Å². The number of carbonyl (C=O) groups is 1. The number of hydrogen-bond donors (Lipinski definition) is 1. The van der Waals surface area contributed by atoms with Crippen molar-refractivity contribution in [3.8, 4) is 11.8 Å². The third kappa shape index (κ3) is 1.91. The maximum absolute atomic E-state index is 11.2. The number of hydrogen-bond acceptors (Lipinski definition) is 4. The number of aromatic hydroxyl groups is 1. The van der Waals surface area contributed by atoms with Crippen LogP contribution in [0.1, 0.15) is 28.4 Å². The molecule has 4 nitrogen and oxygen atoms in total. The molecule has 0 aliphatic rings. The lowest BCUT2D eigenvalue weighted by Gasteiger charge is -2.07. The molecule has 0 amide bonds. The molecule has 0 atom stereocenters. The lowest BCUT2D eigenvalue weighted by molar-refractivity contribution is 0.0597. The first-order chi connectivity index (χ1) is 7.15. The number of phenolic OH excluding ortho intramolecular Hbond substituents is 1. The molecule has 0 unspecified atom stereocenters. The van der Waals surface area contributed by atoms with Crippen molar-refractivity contribution in [2.24, 2.45) is 0 Å². The third-order valence-electron chi connectivity index (χ3n) is 2.16. The van der Waals surface area contributed by atoms with E-state index in [4.69, 9.17) is 5.26 Å². The first-order valence-electron chi connectivity index (χ1n) is 4.49. The molecule has 1 rings (SSSR count). The minimum atomic E-state index is -0.647. The highest BCUT2D eigenvalue weighted by molar-refractivity contribution is 5.93. The van der Waals surface area contributed by atoms with E-state index in [0.717, 1.165) is 0 Å². The Morgan fingerprint density at radius 1 is 1.60 bits per heavy atom. The minimum Gasteiger partial charge on any atom is -0.506 e. The van der Waals surface area contributed by atoms with E-state index in [1.807, 2.05) is 13.0 Å². The Kier molecular flexibility index (Phi) is 3.29. The van der Waals surface area contributed by atoms with Crippen molar-refractivity contribution in [3.63, 3.8) is 0 Å². The van der Waals surface area contributed by atoms with E-state index in [-0.39, 0.29) is 16.9 Å². The van der Waals surface area contributed by atoms with Gasteiger partial charge in [0.2, 0.25) is 0 Å². The van der Waals surface area contributed by atoms with Crippen molar-refractivity contribution in [2.75, 3.05) is 7.11 Å². The van der Waals surface area contributed by atoms with Crippen molar-refractivity contribution in [1.82, 2.24) is 0 Å². The Labute approximate surface area is 87.7 Å². The zero-order valence-corrected chi connectivity index (χ0v) is 8.57. The number of nitriles is 1. The van der Waals surface area contributed by atoms with Crippen LogP contribution in [-0.2, 0) is 11.2 Å². The van der Waals surface area contributed by atoms with Crippen LogP contribution < -0.4 is 0 Å². The highest BCUT2D eigenvalue weighted by Crippen LogP contribution is 2.26. The fourth-order valence-corrected chi connectivity index (χ4v) is 1.33. The Morgan fingerprint density at radius 2 is 2.27 bits per heavy atom. The third-order valence-corrected chi connectivity index (χ3v) is 2.16. The number of rotatable bonds is 2. The zero-order valence-electron chi connectivity index (χ0n) is 8.57. The Balaban J connectivity index is 3.37. The topological polar surface area (TPSA) is 70.3 Å². The van der Waals surface area contributed by atoms with Crippen LogP contribution in [0, 0.1) is 11.3 Å². The smallest absolute Gasteiger partial charge is 0.341 e. The minimum absolute atomic E-state index is 0.0197. The molecule has 0 aliphatic heterocycles. The Bertz CT molecular complexity index is 432. The summed E-state index contributed by atoms with van der Waals surface area (Å²) in [5.41, 5.74) is 0.870. The average Bonchev–Trinajstić information content (AvgIpc) is 2.27. The molecule has 0 fully saturated rings. The maximum atomic E-state index is 11.2. The van der Waals surface area contributed by atoms with Crippen LogP contribution in [0.5, 0.6) is 5.75 Å². The zero-order chi connectivity index (χ0) is 11.4. The molecule has 0 aromatic heterocycles. The summed E-state index contributed by atoms with van der Waals surface area (Å²) in [6.45, 7) is 1.87. The fraction of sp³-hybridized carbons (Fsp3) is 0.273. The number of ether oxygens (including phenoxy) is 1. The van der Waals surface area contributed by atoms with E-state index in [1.165, 1.54) is 13.2 Å². The number of methoxy groups -OCH3 is 1. The van der Waals surface area contributed by atoms with Crippen LogP contribution in [0.25, 0.3) is 0 Å². The first kappa shape index (κ1) is 11.1. The maximum Gasteiger partial charge on any atom is 0.341 e. The summed E-state index contributed by atoms with van der Waals surface area (Å²) in [4.78, 5) is 11.2. The van der Waals surface area contributed by atoms with Gasteiger partial charge in [-0.15, -0.1) is 0 Å². The molecule has 0 saturated carbocycles. The van der Waals surface area contributed by atoms with E-state index in [2.05, 4.69) is 4.74 Å². The molecule has 0 saturated heterocycles. The molecule has 0 spiro atoms. The lowest BCUT2D eigenvalue weighted by Crippen LogP contribution is -2.03. The molecular weight excluding hydrogens is 194 g/mol. The van der Waals surface area contributed by atoms with Crippen molar-refractivity contribution in [3.05, 3.63) is 28.8 Å². The van der Waals surface area contributed by atoms with Crippen molar-refractivity contribution in [2.45, 2.75) is 13.3 Å². The summed E-state index contributed by atoms with van der Waals surface area (Å²) >= 11 is 0. The summed E-state index contributed by atoms with van der Waals surface area (Å²) < 4.78 is 4.48. The summed E-state index contributed by atoms with van der Waals surface area (Å²) in [6.07, 6.45) is 0.623. The second kappa shape index (κ2) is 4.47. The van der Waals surface area contributed by atoms with Crippen LogP contribution in [0.3, 0.4) is 0 Å². The number of benzene rings is 1. The molecule has 78 valence electrons. The van der Waals surface area contributed by atoms with Crippen LogP contribution in [-0.4, -0.2) is 18.2 Å². The number of carbonyl (C=O) groups excluding carboxylic acids is 1. The van der Waals surface area contributed by atoms with Gasteiger partial charge in [-0.3, -0.25) is 0 Å². The van der Waals surface area contributed by atoms with Gasteiger partial charge in [0.1, 0.15) is 17.4 Å². The number of aryl methyl sites for hydroxylation is 1. The van der Waals surface area contributed by atoms with E-state index in [9.17, 15) is 9.90 Å². The molecule has 4 heteroatoms. The largest absolute Gasteiger partial charge is 0.506 e. The van der Waals surface area contributed by atoms with E-state index < -0.39 is 5.97 Å². The summed E-state index contributed by atoms with van der Waals surface area (Å²) in [6, 6.07) is 4.98. The number of esters is 1. The van der Waals surface area contributed by atoms with Crippen molar-refractivity contribution < 1.29 is 14.6 Å². The van der Waals surface area contributed by atoms with E-state index in [1.54, 1.807) is 6.07 Å². The van der Waals surface area contributed by atoms with Crippen LogP contribution in [0.2, 0.25) is 0 Å². The number of nitrogens with zero attached hydrogens (tertiary/aromatic N) is 1. The molecule has 1 aromatic rings. The molecule has 1 aromatic carbocycles. The quantitative estimate of drug-likeness (QED) is 0.744. The standard InChI is InChI=1S/C11H11NO3/c1-3-7-4-5-8(11(14)15-2)10(13)9(7)6-12/h4-5,13H,3H2,1-2H3. The molecular formula is C11H11NO3. The number of phenols is 1. The first-order valence-corrected chi connectivity index (χ1v) is 4.49. The normalized spacial score (nSPS) is 9.40. The predicted octanol–water partition coefficient (Wildman–Crippen LogP) is 1.61. The predicted molar refractivity (Wildman–Crippen MR) is 53.5 cm³/mol. The second-order valence-corrected chi connectivity index (χ2v) is 2.95. The van der Waals surface area contributed by atoms with Gasteiger partial charge in [-0.2, -0.15) is 5.26 Å². The molecule has 15 heavy (non-hydrogen) atoms. The Hall–Kier alpha value is -2.02. The van der Waals surface area contributed by atoms with Gasteiger partial charge >= 0.3 is 5.97 Å². The molecule has 0 aliphatic carbocycles. The molecule has 0 radical (unpaired) electrons. The highest BCUT2D eigenvalue weighted by atomic mass is 16.5. The van der Waals surface area contributed by atoms with Gasteiger partial charge in [0.25, 0.3) is 0 Å². The van der Waals surface area contributed by atoms with E-state index >= 15 is 0 Å². The van der Waals surface area contributed by atoms with Crippen LogP contribution >= 0.6 is 0 Å². The van der Waals surface area contributed by atoms with Crippen LogP contribution in [0.4, 0.5) is 0 Å². The van der Waals surface area contributed by atoms with Gasteiger partial charge in [-0.25, -0.2) is 4.79 Å². The summed E-state index contributed by atoms with van der Waals surface area (Å²) in [7, 11) is 1.22. The molecule has 0 bridgehead atoms. The van der Waals surface area contributed by atoms with Crippen molar-refractivity contribution in [1.29, 1.82) is 5.26 Å². The van der Waals surface area contributed by atoms with Gasteiger partial charge < -0.3 is 9.84 Å². The van der Waals surface area contributed by atoms with Crippen molar-refractivity contribution >= 4 is 5.97 Å². The van der Waals surface area contributed by atoms with Gasteiger partial charge in [-0.1, -0.05) is 13.0 Å². The monoisotopic (exact) mass is 205 g/mol. The SMILES string of the molecule is CCc1ccc(C(=O)OC)c(O)c1C#N. The lowest BCUT2D eigenvalue weighted by atomic mass is 10.0. The van der Waals surface area contributed by atoms with Gasteiger partial charge in [-0.05, 0) is 18.1 Å². The Morgan fingerprint density at radius 3 is 2.73 bits per heavy atom. The fourth-order valence-electron chi connectivity index (χ4n) is 1.33. The molecule has 0 heterocycles. The van der Waals surface area contributed by atoms with Gasteiger partial charge in [0.05, 0.1) is 12.7 Å². The van der Waals surface area contributed by atoms with Crippen LogP contribution in [0.15, 0.2) is 12.1 Å². The highest BCUT2D eigenvalue weighted by Gasteiger charge is 2.16. The average molecular weight is 205 g/mol. The van der Waals surface area contributed by atoms with E-state index in [0.29, 0.717) is 12.0 Å². The molecule has 1 N–H and O–H groups in total. The summed E-state index contributed by atoms with van der Waals surface area (Å²) in [5, 5.41) is 18.5. The van der Waals surface area contributed by atoms with Gasteiger partial charge in [0, 0.05) is 0 Å².